The number of benzene rings is 2. The maximum atomic E-state index is 12.4. The Labute approximate surface area is 158 Å². The maximum Gasteiger partial charge on any atom is 0.355 e. The molecule has 0 radical (unpaired) electrons. The molecule has 3 rings (SSSR count). The van der Waals surface area contributed by atoms with Gasteiger partial charge in [-0.05, 0) is 36.8 Å². The van der Waals surface area contributed by atoms with Crippen molar-refractivity contribution in [3.8, 4) is 11.1 Å². The van der Waals surface area contributed by atoms with Gasteiger partial charge in [0.1, 0.15) is 5.69 Å². The molecule has 1 heterocycles. The average molecular weight is 403 g/mol. The van der Waals surface area contributed by atoms with E-state index < -0.39 is 5.97 Å². The van der Waals surface area contributed by atoms with E-state index in [0.29, 0.717) is 36.9 Å². The summed E-state index contributed by atoms with van der Waals surface area (Å²) in [5.41, 5.74) is 2.34. The van der Waals surface area contributed by atoms with Crippen LogP contribution in [0.15, 0.2) is 30.3 Å². The van der Waals surface area contributed by atoms with Gasteiger partial charge < -0.3 is 9.72 Å². The van der Waals surface area contributed by atoms with Crippen molar-refractivity contribution in [3.63, 3.8) is 0 Å². The summed E-state index contributed by atoms with van der Waals surface area (Å²) >= 11 is 24.3. The van der Waals surface area contributed by atoms with Gasteiger partial charge in [-0.2, -0.15) is 0 Å². The fraction of sp³-hybridized carbons (Fsp3) is 0.118. The van der Waals surface area contributed by atoms with Crippen LogP contribution in [0.3, 0.4) is 0 Å². The molecule has 7 heteroatoms. The molecule has 0 fully saturated rings. The number of aromatic nitrogens is 1. The summed E-state index contributed by atoms with van der Waals surface area (Å²) < 4.78 is 5.14. The van der Waals surface area contributed by atoms with Crippen molar-refractivity contribution in [3.05, 3.63) is 56.1 Å². The van der Waals surface area contributed by atoms with Gasteiger partial charge in [0.15, 0.2) is 0 Å². The normalized spacial score (nSPS) is 11.0. The molecule has 3 aromatic rings. The molecular formula is C17H11Cl4NO2. The molecule has 124 valence electrons. The Morgan fingerprint density at radius 2 is 1.67 bits per heavy atom. The van der Waals surface area contributed by atoms with Gasteiger partial charge in [-0.1, -0.05) is 52.5 Å². The Kier molecular flexibility index (Phi) is 4.97. The molecule has 0 aliphatic heterocycles. The standard InChI is InChI=1S/C17H11Cl4NO2/c1-2-24-17(23)16-15(8-3-4-10(18)11(19)5-8)9-6-12(20)13(21)7-14(9)22-16/h3-7,22H,2H2,1H3. The minimum atomic E-state index is -0.470. The highest BCUT2D eigenvalue weighted by atomic mass is 35.5. The smallest absolute Gasteiger partial charge is 0.355 e. The fourth-order valence-corrected chi connectivity index (χ4v) is 3.12. The lowest BCUT2D eigenvalue weighted by Crippen LogP contribution is -2.06. The molecule has 0 aliphatic rings. The largest absolute Gasteiger partial charge is 0.461 e. The first-order valence-corrected chi connectivity index (χ1v) is 8.56. The van der Waals surface area contributed by atoms with Crippen LogP contribution in [0.1, 0.15) is 17.4 Å². The van der Waals surface area contributed by atoms with Crippen LogP contribution in [-0.2, 0) is 4.74 Å². The van der Waals surface area contributed by atoms with Crippen LogP contribution < -0.4 is 0 Å². The van der Waals surface area contributed by atoms with Crippen molar-refractivity contribution >= 4 is 63.3 Å². The number of nitrogens with one attached hydrogen (secondary N) is 1. The second-order valence-electron chi connectivity index (χ2n) is 5.04. The van der Waals surface area contributed by atoms with E-state index >= 15 is 0 Å². The molecule has 0 saturated carbocycles. The third-order valence-electron chi connectivity index (χ3n) is 3.53. The second-order valence-corrected chi connectivity index (χ2v) is 6.67. The highest BCUT2D eigenvalue weighted by molar-refractivity contribution is 6.43. The van der Waals surface area contributed by atoms with Gasteiger partial charge in [0.2, 0.25) is 0 Å². The summed E-state index contributed by atoms with van der Waals surface area (Å²) in [7, 11) is 0. The summed E-state index contributed by atoms with van der Waals surface area (Å²) in [5, 5.41) is 2.34. The number of hydrogen-bond donors (Lipinski definition) is 1. The summed E-state index contributed by atoms with van der Waals surface area (Å²) in [4.78, 5) is 15.4. The number of fused-ring (bicyclic) bond motifs is 1. The Hall–Kier alpha value is -1.39. The molecule has 0 saturated heterocycles. The van der Waals surface area contributed by atoms with Crippen molar-refractivity contribution < 1.29 is 9.53 Å². The van der Waals surface area contributed by atoms with Crippen molar-refractivity contribution in [2.75, 3.05) is 6.61 Å². The van der Waals surface area contributed by atoms with E-state index in [1.807, 2.05) is 0 Å². The molecule has 24 heavy (non-hydrogen) atoms. The van der Waals surface area contributed by atoms with Gasteiger partial charge >= 0.3 is 5.97 Å². The maximum absolute atomic E-state index is 12.4. The van der Waals surface area contributed by atoms with E-state index in [0.717, 1.165) is 10.9 Å². The Morgan fingerprint density at radius 1 is 1.00 bits per heavy atom. The minimum Gasteiger partial charge on any atom is -0.461 e. The number of hydrogen-bond acceptors (Lipinski definition) is 2. The molecule has 1 N–H and O–H groups in total. The monoisotopic (exact) mass is 401 g/mol. The average Bonchev–Trinajstić information content (AvgIpc) is 2.89. The van der Waals surface area contributed by atoms with Crippen LogP contribution in [-0.4, -0.2) is 17.6 Å². The summed E-state index contributed by atoms with van der Waals surface area (Å²) in [6, 6.07) is 8.52. The molecule has 3 nitrogen and oxygen atoms in total. The number of carbonyl (C=O) groups is 1. The lowest BCUT2D eigenvalue weighted by atomic mass is 10.0. The van der Waals surface area contributed by atoms with Gasteiger partial charge in [0.25, 0.3) is 0 Å². The van der Waals surface area contributed by atoms with Crippen molar-refractivity contribution in [2.24, 2.45) is 0 Å². The lowest BCUT2D eigenvalue weighted by molar-refractivity contribution is 0.0521. The summed E-state index contributed by atoms with van der Waals surface area (Å²) in [6.45, 7) is 2.00. The molecule has 0 aliphatic carbocycles. The molecule has 2 aromatic carbocycles. The third-order valence-corrected chi connectivity index (χ3v) is 4.99. The molecule has 0 spiro atoms. The van der Waals surface area contributed by atoms with E-state index in [9.17, 15) is 4.79 Å². The van der Waals surface area contributed by atoms with Gasteiger partial charge in [-0.3, -0.25) is 0 Å². The first-order chi connectivity index (χ1) is 11.4. The van der Waals surface area contributed by atoms with Crippen LogP contribution in [0.25, 0.3) is 22.0 Å². The quantitative estimate of drug-likeness (QED) is 0.499. The van der Waals surface area contributed by atoms with E-state index in [-0.39, 0.29) is 6.61 Å². The van der Waals surface area contributed by atoms with Gasteiger partial charge in [0, 0.05) is 16.5 Å². The SMILES string of the molecule is CCOC(=O)c1[nH]c2cc(Cl)c(Cl)cc2c1-c1ccc(Cl)c(Cl)c1. The van der Waals surface area contributed by atoms with Gasteiger partial charge in [0.05, 0.1) is 26.7 Å². The number of aromatic amines is 1. The number of H-pyrrole nitrogens is 1. The number of esters is 1. The first kappa shape index (κ1) is 17.4. The highest BCUT2D eigenvalue weighted by Gasteiger charge is 2.21. The van der Waals surface area contributed by atoms with Crippen LogP contribution in [0, 0.1) is 0 Å². The van der Waals surface area contributed by atoms with Crippen LogP contribution in [0.2, 0.25) is 20.1 Å². The predicted molar refractivity (Wildman–Crippen MR) is 99.7 cm³/mol. The Balaban J connectivity index is 2.33. The molecule has 1 aromatic heterocycles. The van der Waals surface area contributed by atoms with Gasteiger partial charge in [-0.15, -0.1) is 0 Å². The molecule has 0 atom stereocenters. The van der Waals surface area contributed by atoms with Crippen LogP contribution in [0.5, 0.6) is 0 Å². The number of ether oxygens (including phenoxy) is 1. The number of rotatable bonds is 3. The van der Waals surface area contributed by atoms with Crippen LogP contribution in [0.4, 0.5) is 0 Å². The van der Waals surface area contributed by atoms with E-state index in [1.165, 1.54) is 0 Å². The summed E-state index contributed by atoms with van der Waals surface area (Å²) in [6.07, 6.45) is 0. The Morgan fingerprint density at radius 3 is 2.33 bits per heavy atom. The van der Waals surface area contributed by atoms with Crippen molar-refractivity contribution in [2.45, 2.75) is 6.92 Å². The van der Waals surface area contributed by atoms with Gasteiger partial charge in [-0.25, -0.2) is 4.79 Å². The highest BCUT2D eigenvalue weighted by Crippen LogP contribution is 2.39. The Bertz CT molecular complexity index is 949. The minimum absolute atomic E-state index is 0.260. The molecule has 0 bridgehead atoms. The zero-order valence-corrected chi connectivity index (χ0v) is 15.4. The molecule has 0 amide bonds. The first-order valence-electron chi connectivity index (χ1n) is 7.05. The van der Waals surface area contributed by atoms with E-state index in [1.54, 1.807) is 37.3 Å². The lowest BCUT2D eigenvalue weighted by Gasteiger charge is -2.07. The topological polar surface area (TPSA) is 42.1 Å². The summed E-state index contributed by atoms with van der Waals surface area (Å²) in [5.74, 6) is -0.470. The number of halogens is 4. The van der Waals surface area contributed by atoms with Crippen LogP contribution >= 0.6 is 46.4 Å². The van der Waals surface area contributed by atoms with Crippen molar-refractivity contribution in [1.29, 1.82) is 0 Å². The zero-order valence-electron chi connectivity index (χ0n) is 12.4. The zero-order chi connectivity index (χ0) is 17.4. The number of carbonyl (C=O) groups excluding carboxylic acids is 1. The van der Waals surface area contributed by atoms with E-state index in [4.69, 9.17) is 51.1 Å². The van der Waals surface area contributed by atoms with E-state index in [2.05, 4.69) is 4.98 Å². The van der Waals surface area contributed by atoms with Crippen molar-refractivity contribution in [1.82, 2.24) is 4.98 Å². The molecular weight excluding hydrogens is 392 g/mol. The third kappa shape index (κ3) is 3.09. The fourth-order valence-electron chi connectivity index (χ4n) is 2.50. The molecule has 0 unspecified atom stereocenters. The predicted octanol–water partition coefficient (Wildman–Crippen LogP) is 6.63. The second kappa shape index (κ2) is 6.85.